The second-order valence-corrected chi connectivity index (χ2v) is 6.44. The minimum atomic E-state index is -4.42. The molecule has 1 heterocycles. The molecule has 3 aromatic rings. The van der Waals surface area contributed by atoms with Crippen LogP contribution in [0.25, 0.3) is 11.0 Å². The predicted octanol–water partition coefficient (Wildman–Crippen LogP) is 3.78. The quantitative estimate of drug-likeness (QED) is 0.712. The van der Waals surface area contributed by atoms with Crippen molar-refractivity contribution in [1.82, 2.24) is 9.55 Å². The largest absolute Gasteiger partial charge is 0.416 e. The third kappa shape index (κ3) is 4.46. The van der Waals surface area contributed by atoms with E-state index >= 15 is 0 Å². The Balaban J connectivity index is 1.97. The standard InChI is InChI=1S/C19H19F3N4O/c1-12(23)9-17(27)25-18-24-15-7-2-3-8-16(15)26(18)11-13-5-4-6-14(10-13)19(20,21)22/h2-8,10,12H,9,11,23H2,1H3,(H,24,25,27). The third-order valence-electron chi connectivity index (χ3n) is 4.01. The number of para-hydroxylation sites is 2. The smallest absolute Gasteiger partial charge is 0.327 e. The summed E-state index contributed by atoms with van der Waals surface area (Å²) < 4.78 is 40.6. The molecule has 0 saturated heterocycles. The van der Waals surface area contributed by atoms with Crippen molar-refractivity contribution < 1.29 is 18.0 Å². The topological polar surface area (TPSA) is 72.9 Å². The minimum absolute atomic E-state index is 0.118. The molecule has 0 radical (unpaired) electrons. The van der Waals surface area contributed by atoms with Crippen LogP contribution in [0, 0.1) is 0 Å². The number of hydrogen-bond donors (Lipinski definition) is 2. The summed E-state index contributed by atoms with van der Waals surface area (Å²) >= 11 is 0. The number of anilines is 1. The number of nitrogens with two attached hydrogens (primary N) is 1. The lowest BCUT2D eigenvalue weighted by Crippen LogP contribution is -2.25. The van der Waals surface area contributed by atoms with Crippen LogP contribution in [-0.2, 0) is 17.5 Å². The number of imidazole rings is 1. The monoisotopic (exact) mass is 376 g/mol. The molecule has 3 rings (SSSR count). The number of alkyl halides is 3. The Morgan fingerprint density at radius 1 is 1.22 bits per heavy atom. The molecule has 27 heavy (non-hydrogen) atoms. The molecule has 0 aliphatic heterocycles. The molecule has 142 valence electrons. The number of fused-ring (bicyclic) bond motifs is 1. The zero-order valence-electron chi connectivity index (χ0n) is 14.6. The molecule has 1 atom stereocenters. The van der Waals surface area contributed by atoms with Gasteiger partial charge in [0.05, 0.1) is 23.1 Å². The highest BCUT2D eigenvalue weighted by Gasteiger charge is 2.30. The van der Waals surface area contributed by atoms with E-state index in [0.717, 1.165) is 12.1 Å². The van der Waals surface area contributed by atoms with E-state index in [-0.39, 0.29) is 30.9 Å². The molecular weight excluding hydrogens is 357 g/mol. The number of aromatic nitrogens is 2. The molecule has 0 bridgehead atoms. The number of carbonyl (C=O) groups is 1. The average molecular weight is 376 g/mol. The van der Waals surface area contributed by atoms with Crippen molar-refractivity contribution in [2.45, 2.75) is 32.1 Å². The van der Waals surface area contributed by atoms with E-state index in [0.29, 0.717) is 16.6 Å². The van der Waals surface area contributed by atoms with Gasteiger partial charge >= 0.3 is 6.18 Å². The van der Waals surface area contributed by atoms with Crippen LogP contribution in [0.3, 0.4) is 0 Å². The zero-order valence-corrected chi connectivity index (χ0v) is 14.6. The van der Waals surface area contributed by atoms with Crippen molar-refractivity contribution in [1.29, 1.82) is 0 Å². The van der Waals surface area contributed by atoms with Crippen LogP contribution in [0.15, 0.2) is 48.5 Å². The van der Waals surface area contributed by atoms with Gasteiger partial charge in [-0.15, -0.1) is 0 Å². The number of rotatable bonds is 5. The third-order valence-corrected chi connectivity index (χ3v) is 4.01. The Morgan fingerprint density at radius 2 is 1.96 bits per heavy atom. The van der Waals surface area contributed by atoms with E-state index < -0.39 is 11.7 Å². The molecule has 1 amide bonds. The van der Waals surface area contributed by atoms with Crippen molar-refractivity contribution in [3.8, 4) is 0 Å². The normalized spacial score (nSPS) is 12.9. The first kappa shape index (κ1) is 18.9. The number of nitrogens with one attached hydrogen (secondary N) is 1. The highest BCUT2D eigenvalue weighted by atomic mass is 19.4. The maximum absolute atomic E-state index is 13.0. The molecule has 3 N–H and O–H groups in total. The highest BCUT2D eigenvalue weighted by Crippen LogP contribution is 2.30. The zero-order chi connectivity index (χ0) is 19.6. The highest BCUT2D eigenvalue weighted by molar-refractivity contribution is 5.91. The van der Waals surface area contributed by atoms with E-state index in [4.69, 9.17) is 5.73 Å². The SMILES string of the molecule is CC(N)CC(=O)Nc1nc2ccccc2n1Cc1cccc(C(F)(F)F)c1. The van der Waals surface area contributed by atoms with Gasteiger partial charge in [0.1, 0.15) is 0 Å². The van der Waals surface area contributed by atoms with Crippen molar-refractivity contribution >= 4 is 22.9 Å². The lowest BCUT2D eigenvalue weighted by Gasteiger charge is -2.13. The number of benzene rings is 2. The molecule has 0 spiro atoms. The first-order valence-electron chi connectivity index (χ1n) is 8.41. The summed E-state index contributed by atoms with van der Waals surface area (Å²) in [7, 11) is 0. The van der Waals surface area contributed by atoms with E-state index in [1.54, 1.807) is 41.8 Å². The Morgan fingerprint density at radius 3 is 2.67 bits per heavy atom. The van der Waals surface area contributed by atoms with Gasteiger partial charge in [-0.2, -0.15) is 13.2 Å². The number of amides is 1. The summed E-state index contributed by atoms with van der Waals surface area (Å²) in [6.45, 7) is 1.85. The molecule has 5 nitrogen and oxygen atoms in total. The number of carbonyl (C=O) groups excluding carboxylic acids is 1. The molecule has 1 aromatic heterocycles. The Kier molecular flexibility index (Phi) is 5.18. The summed E-state index contributed by atoms with van der Waals surface area (Å²) in [5.74, 6) is -0.0233. The van der Waals surface area contributed by atoms with Crippen molar-refractivity contribution in [2.24, 2.45) is 5.73 Å². The van der Waals surface area contributed by atoms with Gasteiger partial charge < -0.3 is 10.3 Å². The van der Waals surface area contributed by atoms with Gasteiger partial charge in [-0.25, -0.2) is 4.98 Å². The average Bonchev–Trinajstić information content (AvgIpc) is 2.91. The predicted molar refractivity (Wildman–Crippen MR) is 97.2 cm³/mol. The summed E-state index contributed by atoms with van der Waals surface area (Å²) in [5, 5.41) is 2.71. The van der Waals surface area contributed by atoms with Gasteiger partial charge in [0.2, 0.25) is 11.9 Å². The van der Waals surface area contributed by atoms with Crippen LogP contribution in [0.4, 0.5) is 19.1 Å². The van der Waals surface area contributed by atoms with Gasteiger partial charge in [-0.1, -0.05) is 24.3 Å². The minimum Gasteiger partial charge on any atom is -0.327 e. The van der Waals surface area contributed by atoms with Gasteiger partial charge in [-0.3, -0.25) is 10.1 Å². The van der Waals surface area contributed by atoms with Gasteiger partial charge in [0.25, 0.3) is 0 Å². The molecule has 0 aliphatic rings. The van der Waals surface area contributed by atoms with Gasteiger partial charge in [0, 0.05) is 12.5 Å². The van der Waals surface area contributed by atoms with E-state index in [1.807, 2.05) is 0 Å². The summed E-state index contributed by atoms with van der Waals surface area (Å²) in [6.07, 6.45) is -4.30. The Labute approximate surface area is 154 Å². The van der Waals surface area contributed by atoms with Crippen LogP contribution < -0.4 is 11.1 Å². The fraction of sp³-hybridized carbons (Fsp3) is 0.263. The fourth-order valence-corrected chi connectivity index (χ4v) is 2.83. The summed E-state index contributed by atoms with van der Waals surface area (Å²) in [6, 6.07) is 12.0. The van der Waals surface area contributed by atoms with Crippen molar-refractivity contribution in [3.63, 3.8) is 0 Å². The van der Waals surface area contributed by atoms with Crippen LogP contribution in [0.5, 0.6) is 0 Å². The second kappa shape index (κ2) is 7.40. The van der Waals surface area contributed by atoms with Gasteiger partial charge in [-0.05, 0) is 36.8 Å². The van der Waals surface area contributed by atoms with Crippen LogP contribution in [-0.4, -0.2) is 21.5 Å². The number of hydrogen-bond acceptors (Lipinski definition) is 3. The van der Waals surface area contributed by atoms with E-state index in [2.05, 4.69) is 10.3 Å². The molecule has 1 unspecified atom stereocenters. The fourth-order valence-electron chi connectivity index (χ4n) is 2.83. The molecule has 0 saturated carbocycles. The van der Waals surface area contributed by atoms with Crippen LogP contribution in [0.1, 0.15) is 24.5 Å². The summed E-state index contributed by atoms with van der Waals surface area (Å²) in [4.78, 5) is 16.5. The van der Waals surface area contributed by atoms with Crippen LogP contribution in [0.2, 0.25) is 0 Å². The van der Waals surface area contributed by atoms with E-state index in [1.165, 1.54) is 6.07 Å². The van der Waals surface area contributed by atoms with E-state index in [9.17, 15) is 18.0 Å². The molecule has 2 aromatic carbocycles. The molecule has 0 aliphatic carbocycles. The Bertz CT molecular complexity index is 963. The van der Waals surface area contributed by atoms with Crippen LogP contribution >= 0.6 is 0 Å². The first-order valence-corrected chi connectivity index (χ1v) is 8.41. The summed E-state index contributed by atoms with van der Waals surface area (Å²) in [5.41, 5.74) is 6.74. The van der Waals surface area contributed by atoms with Gasteiger partial charge in [0.15, 0.2) is 0 Å². The molecule has 8 heteroatoms. The molecular formula is C19H19F3N4O. The maximum atomic E-state index is 13.0. The van der Waals surface area contributed by atoms with Crippen molar-refractivity contribution in [2.75, 3.05) is 5.32 Å². The lowest BCUT2D eigenvalue weighted by atomic mass is 10.1. The van der Waals surface area contributed by atoms with Crippen molar-refractivity contribution in [3.05, 3.63) is 59.7 Å². The number of nitrogens with zero attached hydrogens (tertiary/aromatic N) is 2. The Hall–Kier alpha value is -2.87. The maximum Gasteiger partial charge on any atom is 0.416 e. The second-order valence-electron chi connectivity index (χ2n) is 6.44. The lowest BCUT2D eigenvalue weighted by molar-refractivity contribution is -0.137. The molecule has 0 fully saturated rings. The number of halogens is 3. The first-order chi connectivity index (χ1) is 12.7.